The normalized spacial score (nSPS) is 10.2. The van der Waals surface area contributed by atoms with Gasteiger partial charge < -0.3 is 10.4 Å². The zero-order valence-electron chi connectivity index (χ0n) is 12.2. The minimum atomic E-state index is -1.06. The highest BCUT2D eigenvalue weighted by molar-refractivity contribution is 6.08. The predicted molar refractivity (Wildman–Crippen MR) is 82.0 cm³/mol. The molecule has 2 aromatic carbocycles. The van der Waals surface area contributed by atoms with Crippen LogP contribution in [-0.4, -0.2) is 17.0 Å². The van der Waals surface area contributed by atoms with Gasteiger partial charge >= 0.3 is 5.97 Å². The standard InChI is InChI=1S/C17H17NO3/c1-10-7-11(2)9-13(8-10)16(19)18-15-12(3)5-4-6-14(15)17(20)21/h4-9H,1-3H3,(H,18,19)(H,20,21). The molecule has 0 aliphatic rings. The predicted octanol–water partition coefficient (Wildman–Crippen LogP) is 3.56. The van der Waals surface area contributed by atoms with Crippen molar-refractivity contribution in [3.8, 4) is 0 Å². The Hall–Kier alpha value is -2.62. The van der Waals surface area contributed by atoms with Gasteiger partial charge in [0, 0.05) is 5.56 Å². The van der Waals surface area contributed by atoms with Gasteiger partial charge in [-0.25, -0.2) is 4.79 Å². The van der Waals surface area contributed by atoms with E-state index in [0.717, 1.165) is 11.1 Å². The second kappa shape index (κ2) is 5.79. The largest absolute Gasteiger partial charge is 0.478 e. The molecule has 108 valence electrons. The van der Waals surface area contributed by atoms with E-state index < -0.39 is 5.97 Å². The van der Waals surface area contributed by atoms with E-state index in [1.54, 1.807) is 31.2 Å². The summed E-state index contributed by atoms with van der Waals surface area (Å²) in [5.41, 5.74) is 3.65. The molecular formula is C17H17NO3. The van der Waals surface area contributed by atoms with Crippen molar-refractivity contribution in [1.29, 1.82) is 0 Å². The Labute approximate surface area is 123 Å². The molecule has 0 spiro atoms. The topological polar surface area (TPSA) is 66.4 Å². The average Bonchev–Trinajstić information content (AvgIpc) is 2.39. The summed E-state index contributed by atoms with van der Waals surface area (Å²) < 4.78 is 0. The van der Waals surface area contributed by atoms with E-state index in [2.05, 4.69) is 5.32 Å². The Morgan fingerprint density at radius 1 is 1.00 bits per heavy atom. The zero-order chi connectivity index (χ0) is 15.6. The van der Waals surface area contributed by atoms with Gasteiger partial charge in [0.05, 0.1) is 11.3 Å². The van der Waals surface area contributed by atoms with Crippen LogP contribution in [0.3, 0.4) is 0 Å². The molecule has 0 saturated carbocycles. The van der Waals surface area contributed by atoms with E-state index in [4.69, 9.17) is 0 Å². The molecule has 0 unspecified atom stereocenters. The molecule has 4 heteroatoms. The van der Waals surface area contributed by atoms with Crippen molar-refractivity contribution in [2.45, 2.75) is 20.8 Å². The van der Waals surface area contributed by atoms with Crippen molar-refractivity contribution >= 4 is 17.6 Å². The Kier molecular flexibility index (Phi) is 4.08. The molecule has 1 amide bonds. The lowest BCUT2D eigenvalue weighted by Gasteiger charge is -2.12. The third-order valence-electron chi connectivity index (χ3n) is 3.23. The van der Waals surface area contributed by atoms with Gasteiger partial charge in [-0.15, -0.1) is 0 Å². The van der Waals surface area contributed by atoms with Crippen LogP contribution < -0.4 is 5.32 Å². The molecule has 0 fully saturated rings. The highest BCUT2D eigenvalue weighted by atomic mass is 16.4. The Balaban J connectivity index is 2.38. The molecule has 2 rings (SSSR count). The smallest absolute Gasteiger partial charge is 0.337 e. The fraction of sp³-hybridized carbons (Fsp3) is 0.176. The molecule has 2 N–H and O–H groups in total. The van der Waals surface area contributed by atoms with Gasteiger partial charge in [0.1, 0.15) is 0 Å². The van der Waals surface area contributed by atoms with Crippen molar-refractivity contribution < 1.29 is 14.7 Å². The van der Waals surface area contributed by atoms with Gasteiger partial charge in [-0.3, -0.25) is 4.79 Å². The van der Waals surface area contributed by atoms with Crippen molar-refractivity contribution in [2.24, 2.45) is 0 Å². The summed E-state index contributed by atoms with van der Waals surface area (Å²) in [5.74, 6) is -1.37. The number of benzene rings is 2. The van der Waals surface area contributed by atoms with Crippen LogP contribution in [0.2, 0.25) is 0 Å². The second-order valence-electron chi connectivity index (χ2n) is 5.13. The van der Waals surface area contributed by atoms with Gasteiger partial charge in [-0.1, -0.05) is 29.3 Å². The summed E-state index contributed by atoms with van der Waals surface area (Å²) in [4.78, 5) is 23.6. The first-order valence-corrected chi connectivity index (χ1v) is 6.61. The third kappa shape index (κ3) is 3.28. The SMILES string of the molecule is Cc1cc(C)cc(C(=O)Nc2c(C)cccc2C(=O)O)c1. The number of carboxylic acid groups (broad SMARTS) is 1. The summed E-state index contributed by atoms with van der Waals surface area (Å²) in [7, 11) is 0. The Morgan fingerprint density at radius 2 is 1.62 bits per heavy atom. The van der Waals surface area contributed by atoms with Gasteiger partial charge in [0.15, 0.2) is 0 Å². The highest BCUT2D eigenvalue weighted by Crippen LogP contribution is 2.22. The molecule has 0 bridgehead atoms. The van der Waals surface area contributed by atoms with Crippen molar-refractivity contribution in [1.82, 2.24) is 0 Å². The van der Waals surface area contributed by atoms with E-state index in [9.17, 15) is 14.7 Å². The van der Waals surface area contributed by atoms with Crippen molar-refractivity contribution in [2.75, 3.05) is 5.32 Å². The number of aryl methyl sites for hydroxylation is 3. The van der Waals surface area contributed by atoms with E-state index >= 15 is 0 Å². The van der Waals surface area contributed by atoms with E-state index in [1.807, 2.05) is 19.9 Å². The summed E-state index contributed by atoms with van der Waals surface area (Å²) in [6.45, 7) is 5.60. The third-order valence-corrected chi connectivity index (χ3v) is 3.23. The Morgan fingerprint density at radius 3 is 2.19 bits per heavy atom. The molecule has 0 aromatic heterocycles. The second-order valence-corrected chi connectivity index (χ2v) is 5.13. The van der Waals surface area contributed by atoms with Crippen LogP contribution in [0.1, 0.15) is 37.4 Å². The van der Waals surface area contributed by atoms with E-state index in [1.165, 1.54) is 6.07 Å². The maximum Gasteiger partial charge on any atom is 0.337 e. The van der Waals surface area contributed by atoms with Crippen molar-refractivity contribution in [3.05, 3.63) is 64.2 Å². The minimum absolute atomic E-state index is 0.0905. The number of aromatic carboxylic acids is 1. The zero-order valence-corrected chi connectivity index (χ0v) is 12.2. The summed E-state index contributed by atoms with van der Waals surface area (Å²) in [6.07, 6.45) is 0. The lowest BCUT2D eigenvalue weighted by Crippen LogP contribution is -2.16. The van der Waals surface area contributed by atoms with Crippen LogP contribution in [-0.2, 0) is 0 Å². The first-order chi connectivity index (χ1) is 9.88. The fourth-order valence-electron chi connectivity index (χ4n) is 2.30. The van der Waals surface area contributed by atoms with E-state index in [0.29, 0.717) is 16.8 Å². The lowest BCUT2D eigenvalue weighted by atomic mass is 10.1. The highest BCUT2D eigenvalue weighted by Gasteiger charge is 2.15. The molecule has 0 aliphatic carbocycles. The number of hydrogen-bond acceptors (Lipinski definition) is 2. The van der Waals surface area contributed by atoms with Crippen LogP contribution in [0.4, 0.5) is 5.69 Å². The molecule has 0 aliphatic heterocycles. The Bertz CT molecular complexity index is 700. The maximum absolute atomic E-state index is 12.3. The summed E-state index contributed by atoms with van der Waals surface area (Å²) in [6, 6.07) is 10.4. The number of carbonyl (C=O) groups is 2. The van der Waals surface area contributed by atoms with E-state index in [-0.39, 0.29) is 11.5 Å². The van der Waals surface area contributed by atoms with Gasteiger partial charge in [0.25, 0.3) is 5.91 Å². The fourth-order valence-corrected chi connectivity index (χ4v) is 2.30. The first-order valence-electron chi connectivity index (χ1n) is 6.61. The maximum atomic E-state index is 12.3. The number of para-hydroxylation sites is 1. The number of amides is 1. The number of rotatable bonds is 3. The number of carboxylic acids is 1. The van der Waals surface area contributed by atoms with Gasteiger partial charge in [-0.05, 0) is 44.5 Å². The molecule has 4 nitrogen and oxygen atoms in total. The van der Waals surface area contributed by atoms with Crippen LogP contribution in [0.5, 0.6) is 0 Å². The molecular weight excluding hydrogens is 266 g/mol. The molecule has 21 heavy (non-hydrogen) atoms. The molecule has 0 saturated heterocycles. The molecule has 2 aromatic rings. The summed E-state index contributed by atoms with van der Waals surface area (Å²) >= 11 is 0. The van der Waals surface area contributed by atoms with Gasteiger partial charge in [0.2, 0.25) is 0 Å². The molecule has 0 radical (unpaired) electrons. The van der Waals surface area contributed by atoms with Gasteiger partial charge in [-0.2, -0.15) is 0 Å². The first kappa shape index (κ1) is 14.8. The van der Waals surface area contributed by atoms with Crippen LogP contribution in [0, 0.1) is 20.8 Å². The number of hydrogen-bond donors (Lipinski definition) is 2. The number of carbonyl (C=O) groups excluding carboxylic acids is 1. The lowest BCUT2D eigenvalue weighted by molar-refractivity contribution is 0.0698. The minimum Gasteiger partial charge on any atom is -0.478 e. The molecule has 0 heterocycles. The van der Waals surface area contributed by atoms with Crippen LogP contribution in [0.25, 0.3) is 0 Å². The number of anilines is 1. The average molecular weight is 283 g/mol. The monoisotopic (exact) mass is 283 g/mol. The quantitative estimate of drug-likeness (QED) is 0.905. The van der Waals surface area contributed by atoms with Crippen LogP contribution >= 0.6 is 0 Å². The van der Waals surface area contributed by atoms with Crippen molar-refractivity contribution in [3.63, 3.8) is 0 Å². The number of nitrogens with one attached hydrogen (secondary N) is 1. The van der Waals surface area contributed by atoms with Crippen LogP contribution in [0.15, 0.2) is 36.4 Å². The summed E-state index contributed by atoms with van der Waals surface area (Å²) in [5, 5.41) is 11.9. The molecule has 0 atom stereocenters.